The Morgan fingerprint density at radius 3 is 3.08 bits per heavy atom. The monoisotopic (exact) mass is 201 g/mol. The minimum atomic E-state index is -0.122. The van der Waals surface area contributed by atoms with E-state index in [9.17, 15) is 4.79 Å². The predicted octanol–water partition coefficient (Wildman–Crippen LogP) is 1.72. The van der Waals surface area contributed by atoms with Crippen molar-refractivity contribution in [2.45, 2.75) is 19.8 Å². The maximum absolute atomic E-state index is 11.0. The van der Waals surface area contributed by atoms with Crippen LogP contribution in [0.4, 0.5) is 0 Å². The number of thioether (sulfide) groups is 1. The molecule has 1 aliphatic heterocycles. The number of ether oxygens (including phenoxy) is 1. The highest BCUT2D eigenvalue weighted by Crippen LogP contribution is 2.18. The standard InChI is InChI=1S/C9H15NO2S/c1-7(9(11)12-2)3-4-8-10-5-6-13-8/h7H,3-6H2,1-2H3. The van der Waals surface area contributed by atoms with Gasteiger partial charge in [-0.15, -0.1) is 11.8 Å². The van der Waals surface area contributed by atoms with Crippen molar-refractivity contribution < 1.29 is 9.53 Å². The van der Waals surface area contributed by atoms with Crippen LogP contribution < -0.4 is 0 Å². The van der Waals surface area contributed by atoms with Crippen LogP contribution in [-0.2, 0) is 9.53 Å². The van der Waals surface area contributed by atoms with Crippen molar-refractivity contribution in [1.29, 1.82) is 0 Å². The molecule has 1 heterocycles. The summed E-state index contributed by atoms with van der Waals surface area (Å²) in [5.41, 5.74) is 0. The molecule has 1 aliphatic rings. The number of aliphatic imine (C=N–C) groups is 1. The average molecular weight is 201 g/mol. The van der Waals surface area contributed by atoms with Crippen LogP contribution in [-0.4, -0.2) is 30.4 Å². The molecule has 4 heteroatoms. The van der Waals surface area contributed by atoms with Gasteiger partial charge < -0.3 is 4.74 Å². The first-order valence-corrected chi connectivity index (χ1v) is 5.46. The van der Waals surface area contributed by atoms with Crippen molar-refractivity contribution in [3.63, 3.8) is 0 Å². The van der Waals surface area contributed by atoms with E-state index in [1.807, 2.05) is 6.92 Å². The van der Waals surface area contributed by atoms with Crippen LogP contribution in [0.3, 0.4) is 0 Å². The van der Waals surface area contributed by atoms with Crippen molar-refractivity contribution in [3.8, 4) is 0 Å². The SMILES string of the molecule is COC(=O)C(C)CCC1=NCCS1. The Morgan fingerprint density at radius 1 is 1.77 bits per heavy atom. The number of carbonyl (C=O) groups excluding carboxylic acids is 1. The molecular weight excluding hydrogens is 186 g/mol. The molecule has 0 saturated carbocycles. The van der Waals surface area contributed by atoms with E-state index in [2.05, 4.69) is 9.73 Å². The molecule has 74 valence electrons. The largest absolute Gasteiger partial charge is 0.469 e. The quantitative estimate of drug-likeness (QED) is 0.650. The minimum Gasteiger partial charge on any atom is -0.469 e. The van der Waals surface area contributed by atoms with E-state index in [-0.39, 0.29) is 11.9 Å². The van der Waals surface area contributed by atoms with Crippen LogP contribution in [0.1, 0.15) is 19.8 Å². The molecule has 1 rings (SSSR count). The summed E-state index contributed by atoms with van der Waals surface area (Å²) in [6.45, 7) is 2.83. The van der Waals surface area contributed by atoms with Gasteiger partial charge in [0.05, 0.1) is 18.1 Å². The molecule has 0 aromatic rings. The molecule has 0 spiro atoms. The second-order valence-electron chi connectivity index (χ2n) is 3.09. The maximum Gasteiger partial charge on any atom is 0.308 e. The van der Waals surface area contributed by atoms with Gasteiger partial charge in [-0.05, 0) is 12.8 Å². The van der Waals surface area contributed by atoms with E-state index in [0.29, 0.717) is 0 Å². The fourth-order valence-corrected chi connectivity index (χ4v) is 2.05. The zero-order valence-corrected chi connectivity index (χ0v) is 8.89. The Morgan fingerprint density at radius 2 is 2.54 bits per heavy atom. The molecule has 0 fully saturated rings. The van der Waals surface area contributed by atoms with E-state index < -0.39 is 0 Å². The van der Waals surface area contributed by atoms with Crippen LogP contribution in [0.2, 0.25) is 0 Å². The summed E-state index contributed by atoms with van der Waals surface area (Å²) < 4.78 is 4.64. The lowest BCUT2D eigenvalue weighted by molar-refractivity contribution is -0.144. The van der Waals surface area contributed by atoms with Crippen molar-refractivity contribution in [3.05, 3.63) is 0 Å². The number of hydrogen-bond donors (Lipinski definition) is 0. The highest BCUT2D eigenvalue weighted by molar-refractivity contribution is 8.14. The lowest BCUT2D eigenvalue weighted by Crippen LogP contribution is -2.13. The smallest absolute Gasteiger partial charge is 0.308 e. The topological polar surface area (TPSA) is 38.7 Å². The number of carbonyl (C=O) groups is 1. The first-order valence-electron chi connectivity index (χ1n) is 4.48. The number of rotatable bonds is 4. The summed E-state index contributed by atoms with van der Waals surface area (Å²) in [5, 5.41) is 1.19. The first kappa shape index (κ1) is 10.6. The van der Waals surface area contributed by atoms with Crippen LogP contribution in [0.5, 0.6) is 0 Å². The van der Waals surface area contributed by atoms with Gasteiger partial charge in [0, 0.05) is 12.3 Å². The highest BCUT2D eigenvalue weighted by Gasteiger charge is 2.15. The summed E-state index contributed by atoms with van der Waals surface area (Å²) in [6, 6.07) is 0. The summed E-state index contributed by atoms with van der Waals surface area (Å²) in [7, 11) is 1.43. The molecule has 1 atom stereocenters. The summed E-state index contributed by atoms with van der Waals surface area (Å²) in [5.74, 6) is 0.972. The molecule has 3 nitrogen and oxygen atoms in total. The molecule has 0 aromatic carbocycles. The predicted molar refractivity (Wildman–Crippen MR) is 55.2 cm³/mol. The minimum absolute atomic E-state index is 0.00565. The molecule has 0 radical (unpaired) electrons. The third-order valence-electron chi connectivity index (χ3n) is 2.04. The molecule has 0 amide bonds. The van der Waals surface area contributed by atoms with Gasteiger partial charge in [-0.25, -0.2) is 0 Å². The molecule has 0 saturated heterocycles. The summed E-state index contributed by atoms with van der Waals surface area (Å²) in [4.78, 5) is 15.4. The highest BCUT2D eigenvalue weighted by atomic mass is 32.2. The molecule has 1 unspecified atom stereocenters. The second-order valence-corrected chi connectivity index (χ2v) is 4.25. The maximum atomic E-state index is 11.0. The van der Waals surface area contributed by atoms with E-state index in [1.54, 1.807) is 11.8 Å². The Hall–Kier alpha value is -0.510. The number of hydrogen-bond acceptors (Lipinski definition) is 4. The molecule has 13 heavy (non-hydrogen) atoms. The van der Waals surface area contributed by atoms with E-state index in [0.717, 1.165) is 25.1 Å². The molecule has 0 N–H and O–H groups in total. The summed E-state index contributed by atoms with van der Waals surface area (Å²) in [6.07, 6.45) is 1.76. The van der Waals surface area contributed by atoms with E-state index in [4.69, 9.17) is 0 Å². The molecular formula is C9H15NO2S. The third kappa shape index (κ3) is 3.38. The van der Waals surface area contributed by atoms with Crippen molar-refractivity contribution in [2.24, 2.45) is 10.9 Å². The lowest BCUT2D eigenvalue weighted by Gasteiger charge is -2.07. The van der Waals surface area contributed by atoms with Crippen molar-refractivity contribution >= 4 is 22.8 Å². The normalized spacial score (nSPS) is 18.2. The van der Waals surface area contributed by atoms with Gasteiger partial charge in [-0.3, -0.25) is 9.79 Å². The van der Waals surface area contributed by atoms with E-state index in [1.165, 1.54) is 12.2 Å². The molecule has 0 bridgehead atoms. The van der Waals surface area contributed by atoms with Crippen LogP contribution in [0, 0.1) is 5.92 Å². The average Bonchev–Trinajstić information content (AvgIpc) is 2.65. The lowest BCUT2D eigenvalue weighted by atomic mass is 10.1. The van der Waals surface area contributed by atoms with Crippen molar-refractivity contribution in [1.82, 2.24) is 0 Å². The number of esters is 1. The first-order chi connectivity index (χ1) is 6.24. The third-order valence-corrected chi connectivity index (χ3v) is 3.10. The van der Waals surface area contributed by atoms with Gasteiger partial charge in [-0.2, -0.15) is 0 Å². The van der Waals surface area contributed by atoms with Gasteiger partial charge in [0.1, 0.15) is 0 Å². The molecule has 0 aliphatic carbocycles. The number of nitrogens with zero attached hydrogens (tertiary/aromatic N) is 1. The zero-order valence-electron chi connectivity index (χ0n) is 8.08. The van der Waals surface area contributed by atoms with Crippen LogP contribution in [0.15, 0.2) is 4.99 Å². The van der Waals surface area contributed by atoms with Gasteiger partial charge in [0.2, 0.25) is 0 Å². The Labute approximate surface area is 82.9 Å². The Kier molecular flexibility index (Phi) is 4.28. The number of methoxy groups -OCH3 is 1. The van der Waals surface area contributed by atoms with Gasteiger partial charge in [-0.1, -0.05) is 6.92 Å². The van der Waals surface area contributed by atoms with Gasteiger partial charge in [0.25, 0.3) is 0 Å². The van der Waals surface area contributed by atoms with E-state index >= 15 is 0 Å². The zero-order chi connectivity index (χ0) is 9.68. The van der Waals surface area contributed by atoms with Gasteiger partial charge >= 0.3 is 5.97 Å². The van der Waals surface area contributed by atoms with Gasteiger partial charge in [0.15, 0.2) is 0 Å². The second kappa shape index (κ2) is 5.27. The Bertz CT molecular complexity index is 216. The van der Waals surface area contributed by atoms with Crippen LogP contribution in [0.25, 0.3) is 0 Å². The van der Waals surface area contributed by atoms with Crippen molar-refractivity contribution in [2.75, 3.05) is 19.4 Å². The fourth-order valence-electron chi connectivity index (χ4n) is 1.19. The Balaban J connectivity index is 2.21. The van der Waals surface area contributed by atoms with Crippen LogP contribution >= 0.6 is 11.8 Å². The summed E-state index contributed by atoms with van der Waals surface area (Å²) >= 11 is 1.80. The fraction of sp³-hybridized carbons (Fsp3) is 0.778. The molecule has 0 aromatic heterocycles.